The molecule has 0 saturated heterocycles. The van der Waals surface area contributed by atoms with Gasteiger partial charge in [0.15, 0.2) is 0 Å². The molecule has 6 saturated carbocycles. The van der Waals surface area contributed by atoms with Gasteiger partial charge in [0, 0.05) is 0 Å². The number of fused-ring (bicyclic) bond motifs is 5. The van der Waals surface area contributed by atoms with Crippen molar-refractivity contribution in [3.63, 3.8) is 0 Å². The molecule has 0 heterocycles. The zero-order chi connectivity index (χ0) is 65.2. The molecule has 3 atom stereocenters. The molecule has 2 aromatic carbocycles. The summed E-state index contributed by atoms with van der Waals surface area (Å²) in [6, 6.07) is 17.6. The van der Waals surface area contributed by atoms with Gasteiger partial charge < -0.3 is 0 Å². The third kappa shape index (κ3) is 62.1. The molecule has 0 amide bonds. The minimum atomic E-state index is 0.800. The van der Waals surface area contributed by atoms with Crippen LogP contribution in [0.15, 0.2) is 48.5 Å². The summed E-state index contributed by atoms with van der Waals surface area (Å²) in [6.45, 7) is 63.2. The highest BCUT2D eigenvalue weighted by Crippen LogP contribution is 2.44. The molecule has 8 aliphatic rings. The summed E-state index contributed by atoms with van der Waals surface area (Å²) in [4.78, 5) is 0. The zero-order valence-corrected chi connectivity index (χ0v) is 63.8. The molecule has 0 bridgehead atoms. The van der Waals surface area contributed by atoms with E-state index in [0.717, 1.165) is 76.9 Å². The van der Waals surface area contributed by atoms with E-state index < -0.39 is 0 Å². The van der Waals surface area contributed by atoms with Gasteiger partial charge in [-0.3, -0.25) is 0 Å². The quantitative estimate of drug-likeness (QED) is 0.267. The van der Waals surface area contributed by atoms with Gasteiger partial charge >= 0.3 is 0 Å². The van der Waals surface area contributed by atoms with E-state index in [1.807, 2.05) is 0 Å². The number of aryl methyl sites for hydroxylation is 3. The highest BCUT2D eigenvalue weighted by atomic mass is 14.4. The van der Waals surface area contributed by atoms with E-state index in [-0.39, 0.29) is 0 Å². The molecule has 8 aliphatic carbocycles. The van der Waals surface area contributed by atoms with E-state index in [9.17, 15) is 0 Å². The van der Waals surface area contributed by atoms with E-state index in [1.165, 1.54) is 114 Å². The van der Waals surface area contributed by atoms with E-state index in [1.54, 1.807) is 99.3 Å². The largest absolute Gasteiger partial charge is 0.0630 e. The Hall–Kier alpha value is -1.56. The van der Waals surface area contributed by atoms with Gasteiger partial charge in [-0.2, -0.15) is 0 Å². The first-order valence-corrected chi connectivity index (χ1v) is 37.4. The van der Waals surface area contributed by atoms with Crippen LogP contribution in [0.3, 0.4) is 0 Å². The van der Waals surface area contributed by atoms with E-state index in [2.05, 4.69) is 249 Å². The van der Waals surface area contributed by atoms with Crippen molar-refractivity contribution in [1.29, 1.82) is 0 Å². The van der Waals surface area contributed by atoms with Gasteiger partial charge in [0.25, 0.3) is 0 Å². The number of hydrogen-bond acceptors (Lipinski definition) is 0. The summed E-state index contributed by atoms with van der Waals surface area (Å²) in [6.07, 6.45) is 39.1. The monoisotopic (exact) mass is 1170 g/mol. The summed E-state index contributed by atoms with van der Waals surface area (Å²) >= 11 is 0. The fourth-order valence-electron chi connectivity index (χ4n) is 11.9. The lowest BCUT2D eigenvalue weighted by atomic mass is 9.71. The molecule has 0 heteroatoms. The lowest BCUT2D eigenvalue weighted by Gasteiger charge is -2.35. The standard InChI is InChI=1S/C12H16.C10H18.C9H16.C9H10.C8H14.9C4H10/c1-9(2)11-8-7-10-5-3-4-6-12(10)11;1-2-6-10-8-4-3-7-9(10)5-1;2*1-2-5-9-7-3-6-8(9)4-1;1-3-7-5-2-6-8(7)4-1;9*1-4(2)3/h3-6,9,11H,7-8H2,1-2H3;9-10H,1-8H2;8-9H,1-7H2;1-2,4-5H,3,6-7H2;7-8H,1-6H2;9*4H,1-3H3. The minimum Gasteiger partial charge on any atom is -0.0630 e. The highest BCUT2D eigenvalue weighted by molar-refractivity contribution is 5.35. The van der Waals surface area contributed by atoms with E-state index >= 15 is 0 Å². The van der Waals surface area contributed by atoms with Crippen molar-refractivity contribution < 1.29 is 0 Å². The minimum absolute atomic E-state index is 0.800. The average molecular weight is 1170 g/mol. The Morgan fingerprint density at radius 2 is 0.405 bits per heavy atom. The normalized spacial score (nSPS) is 22.3. The lowest BCUT2D eigenvalue weighted by Crippen LogP contribution is -2.22. The Morgan fingerprint density at radius 1 is 0.214 bits per heavy atom. The maximum absolute atomic E-state index is 2.33. The van der Waals surface area contributed by atoms with Crippen molar-refractivity contribution in [2.45, 2.75) is 374 Å². The Labute approximate surface area is 536 Å². The molecule has 2 aromatic rings. The van der Waals surface area contributed by atoms with Crippen LogP contribution in [-0.2, 0) is 19.3 Å². The Balaban J connectivity index is -0.000000421. The molecule has 0 radical (unpaired) electrons. The average Bonchev–Trinajstić information content (AvgIpc) is 4.45. The highest BCUT2D eigenvalue weighted by Gasteiger charge is 2.31. The Bertz CT molecular complexity index is 1420. The van der Waals surface area contributed by atoms with Crippen LogP contribution in [0.5, 0.6) is 0 Å². The number of benzene rings is 2. The molecule has 84 heavy (non-hydrogen) atoms. The number of hydrogen-bond donors (Lipinski definition) is 0. The molecule has 0 aromatic heterocycles. The van der Waals surface area contributed by atoms with Crippen molar-refractivity contribution in [3.05, 3.63) is 70.8 Å². The predicted octanol–water partition coefficient (Wildman–Crippen LogP) is 29.4. The Kier molecular flexibility index (Phi) is 61.2. The third-order valence-corrected chi connectivity index (χ3v) is 14.6. The van der Waals surface area contributed by atoms with Gasteiger partial charge in [-0.15, -0.1) is 0 Å². The van der Waals surface area contributed by atoms with Crippen LogP contribution < -0.4 is 0 Å². The van der Waals surface area contributed by atoms with Gasteiger partial charge in [0.05, 0.1) is 0 Å². The zero-order valence-electron chi connectivity index (χ0n) is 63.8. The maximum Gasteiger partial charge on any atom is -0.0133 e. The first kappa shape index (κ1) is 88.9. The SMILES string of the molecule is C1CC2CCCC2C1.C1CCC2CCCC2C1.C1CCC2CCCCC2C1.CC(C)C.CC(C)C.CC(C)C.CC(C)C.CC(C)C.CC(C)C.CC(C)C.CC(C)C.CC(C)C.CC(C)C1CCc2ccccc21.c1ccc2c(c1)CCC2. The summed E-state index contributed by atoms with van der Waals surface area (Å²) in [5.41, 5.74) is 6.32. The molecule has 0 spiro atoms. The van der Waals surface area contributed by atoms with Crippen LogP contribution in [0, 0.1) is 94.7 Å². The molecular weight excluding hydrogens is 1010 g/mol. The van der Waals surface area contributed by atoms with Gasteiger partial charge in [0.1, 0.15) is 0 Å². The van der Waals surface area contributed by atoms with Gasteiger partial charge in [-0.1, -0.05) is 384 Å². The maximum atomic E-state index is 2.33. The molecule has 0 N–H and O–H groups in total. The fourth-order valence-corrected chi connectivity index (χ4v) is 11.9. The second-order valence-corrected chi connectivity index (χ2v) is 33.5. The molecular formula is C84H164. The first-order chi connectivity index (χ1) is 39.2. The van der Waals surface area contributed by atoms with Gasteiger partial charge in [-0.05, 0) is 155 Å². The predicted molar refractivity (Wildman–Crippen MR) is 393 cm³/mol. The van der Waals surface area contributed by atoms with E-state index in [4.69, 9.17) is 0 Å². The molecule has 0 aliphatic heterocycles. The van der Waals surface area contributed by atoms with Gasteiger partial charge in [-0.25, -0.2) is 0 Å². The van der Waals surface area contributed by atoms with Crippen molar-refractivity contribution in [2.24, 2.45) is 94.7 Å². The summed E-state index contributed by atoms with van der Waals surface area (Å²) < 4.78 is 0. The van der Waals surface area contributed by atoms with Crippen molar-refractivity contribution in [1.82, 2.24) is 0 Å². The summed E-state index contributed by atoms with van der Waals surface area (Å²) in [5.74, 6) is 16.1. The topological polar surface area (TPSA) is 0 Å². The molecule has 10 rings (SSSR count). The number of rotatable bonds is 1. The lowest BCUT2D eigenvalue weighted by molar-refractivity contribution is 0.171. The van der Waals surface area contributed by atoms with Crippen molar-refractivity contribution >= 4 is 0 Å². The molecule has 0 nitrogen and oxygen atoms in total. The second kappa shape index (κ2) is 57.9. The first-order valence-electron chi connectivity index (χ1n) is 37.4. The smallest absolute Gasteiger partial charge is 0.0133 e. The Morgan fingerprint density at radius 3 is 0.619 bits per heavy atom. The fraction of sp³-hybridized carbons (Fsp3) is 0.857. The molecule has 6 fully saturated rings. The van der Waals surface area contributed by atoms with Crippen LogP contribution in [0.1, 0.15) is 377 Å². The third-order valence-electron chi connectivity index (χ3n) is 14.6. The van der Waals surface area contributed by atoms with Gasteiger partial charge in [0.2, 0.25) is 0 Å². The van der Waals surface area contributed by atoms with Crippen molar-refractivity contribution in [2.75, 3.05) is 0 Å². The van der Waals surface area contributed by atoms with Crippen LogP contribution in [0.2, 0.25) is 0 Å². The summed E-state index contributed by atoms with van der Waals surface area (Å²) in [5, 5.41) is 0. The second-order valence-electron chi connectivity index (χ2n) is 33.5. The van der Waals surface area contributed by atoms with Crippen LogP contribution in [0.4, 0.5) is 0 Å². The summed E-state index contributed by atoms with van der Waals surface area (Å²) in [7, 11) is 0. The van der Waals surface area contributed by atoms with Crippen LogP contribution in [-0.4, -0.2) is 0 Å². The van der Waals surface area contributed by atoms with E-state index in [0.29, 0.717) is 0 Å². The van der Waals surface area contributed by atoms with Crippen molar-refractivity contribution in [3.8, 4) is 0 Å². The molecule has 500 valence electrons. The van der Waals surface area contributed by atoms with Crippen LogP contribution >= 0.6 is 0 Å². The molecule has 3 unspecified atom stereocenters. The van der Waals surface area contributed by atoms with Crippen LogP contribution in [0.25, 0.3) is 0 Å².